The normalized spacial score (nSPS) is 10.2. The Balaban J connectivity index is 2.20. The number of Topliss-reactive ketones (excluding diaryl/α,β-unsaturated/α-hetero) is 1. The maximum atomic E-state index is 11.6. The third-order valence-corrected chi connectivity index (χ3v) is 2.24. The number of ketones is 1. The molecule has 1 heterocycles. The number of unbranched alkanes of at least 4 members (excludes halogenated alkanes) is 3. The van der Waals surface area contributed by atoms with Crippen molar-refractivity contribution < 1.29 is 4.79 Å². The summed E-state index contributed by atoms with van der Waals surface area (Å²) in [5.41, 5.74) is 5.99. The van der Waals surface area contributed by atoms with Crippen LogP contribution in [0.3, 0.4) is 0 Å². The van der Waals surface area contributed by atoms with Gasteiger partial charge >= 0.3 is 0 Å². The van der Waals surface area contributed by atoms with E-state index in [2.05, 4.69) is 9.97 Å². The van der Waals surface area contributed by atoms with Gasteiger partial charge < -0.3 is 5.73 Å². The van der Waals surface area contributed by atoms with Crippen molar-refractivity contribution in [3.8, 4) is 0 Å². The Morgan fingerprint density at radius 2 is 1.80 bits per heavy atom. The lowest BCUT2D eigenvalue weighted by molar-refractivity contribution is 0.0978. The predicted octanol–water partition coefficient (Wildman–Crippen LogP) is 1.57. The second-order valence-electron chi connectivity index (χ2n) is 3.50. The molecule has 0 radical (unpaired) electrons. The molecule has 0 atom stereocenters. The van der Waals surface area contributed by atoms with E-state index >= 15 is 0 Å². The number of nitrogens with zero attached hydrogens (tertiary/aromatic N) is 2. The minimum Gasteiger partial charge on any atom is -0.330 e. The molecule has 0 bridgehead atoms. The first kappa shape index (κ1) is 11.8. The maximum absolute atomic E-state index is 11.6. The van der Waals surface area contributed by atoms with Crippen LogP contribution in [0.1, 0.15) is 42.5 Å². The van der Waals surface area contributed by atoms with Crippen LogP contribution in [0.15, 0.2) is 18.7 Å². The smallest absolute Gasteiger partial charge is 0.165 e. The number of carbonyl (C=O) groups excluding carboxylic acids is 1. The average Bonchev–Trinajstić information content (AvgIpc) is 2.30. The second kappa shape index (κ2) is 7.06. The molecular weight excluding hydrogens is 190 g/mol. The lowest BCUT2D eigenvalue weighted by Crippen LogP contribution is -2.01. The van der Waals surface area contributed by atoms with Crippen LogP contribution in [0, 0.1) is 0 Å². The Bertz CT molecular complexity index is 287. The molecule has 0 aliphatic carbocycles. The van der Waals surface area contributed by atoms with Crippen molar-refractivity contribution in [1.82, 2.24) is 9.97 Å². The van der Waals surface area contributed by atoms with Crippen molar-refractivity contribution in [2.45, 2.75) is 32.1 Å². The Labute approximate surface area is 89.9 Å². The van der Waals surface area contributed by atoms with Crippen molar-refractivity contribution in [2.75, 3.05) is 6.54 Å². The van der Waals surface area contributed by atoms with E-state index in [9.17, 15) is 4.79 Å². The van der Waals surface area contributed by atoms with Crippen LogP contribution < -0.4 is 5.73 Å². The first-order chi connectivity index (χ1) is 7.34. The van der Waals surface area contributed by atoms with Gasteiger partial charge in [-0.3, -0.25) is 4.79 Å². The lowest BCUT2D eigenvalue weighted by atomic mass is 10.1. The van der Waals surface area contributed by atoms with Crippen LogP contribution in [0.4, 0.5) is 0 Å². The molecule has 0 spiro atoms. The molecular formula is C11H17N3O. The maximum Gasteiger partial charge on any atom is 0.165 e. The molecule has 82 valence electrons. The number of carbonyl (C=O) groups is 1. The van der Waals surface area contributed by atoms with E-state index < -0.39 is 0 Å². The molecule has 0 saturated heterocycles. The number of aromatic nitrogens is 2. The quantitative estimate of drug-likeness (QED) is 0.544. The Morgan fingerprint density at radius 1 is 1.13 bits per heavy atom. The van der Waals surface area contributed by atoms with Gasteiger partial charge in [0.25, 0.3) is 0 Å². The summed E-state index contributed by atoms with van der Waals surface area (Å²) in [5, 5.41) is 0. The zero-order valence-corrected chi connectivity index (χ0v) is 8.85. The van der Waals surface area contributed by atoms with E-state index in [4.69, 9.17) is 5.73 Å². The van der Waals surface area contributed by atoms with Gasteiger partial charge in [0.15, 0.2) is 5.78 Å². The summed E-state index contributed by atoms with van der Waals surface area (Å²) >= 11 is 0. The fraction of sp³-hybridized carbons (Fsp3) is 0.545. The number of hydrogen-bond donors (Lipinski definition) is 1. The molecule has 4 nitrogen and oxygen atoms in total. The summed E-state index contributed by atoms with van der Waals surface area (Å²) in [4.78, 5) is 19.2. The highest BCUT2D eigenvalue weighted by molar-refractivity contribution is 5.95. The molecule has 0 amide bonds. The first-order valence-corrected chi connectivity index (χ1v) is 5.33. The predicted molar refractivity (Wildman–Crippen MR) is 58.5 cm³/mol. The highest BCUT2D eigenvalue weighted by Crippen LogP contribution is 2.07. The molecule has 0 saturated carbocycles. The third kappa shape index (κ3) is 4.65. The van der Waals surface area contributed by atoms with E-state index in [0.29, 0.717) is 12.0 Å². The van der Waals surface area contributed by atoms with Gasteiger partial charge in [-0.2, -0.15) is 0 Å². The van der Waals surface area contributed by atoms with Crippen molar-refractivity contribution in [3.63, 3.8) is 0 Å². The van der Waals surface area contributed by atoms with E-state index in [1.807, 2.05) is 0 Å². The van der Waals surface area contributed by atoms with Gasteiger partial charge in [-0.15, -0.1) is 0 Å². The highest BCUT2D eigenvalue weighted by Gasteiger charge is 2.04. The standard InChI is InChI=1S/C11H17N3O/c12-6-4-2-1-3-5-11(15)10-7-13-9-14-8-10/h7-9H,1-6,12H2. The van der Waals surface area contributed by atoms with Crippen molar-refractivity contribution in [3.05, 3.63) is 24.3 Å². The van der Waals surface area contributed by atoms with Crippen molar-refractivity contribution >= 4 is 5.78 Å². The first-order valence-electron chi connectivity index (χ1n) is 5.33. The molecule has 15 heavy (non-hydrogen) atoms. The second-order valence-corrected chi connectivity index (χ2v) is 3.50. The molecule has 0 aromatic carbocycles. The van der Waals surface area contributed by atoms with Crippen LogP contribution in [-0.4, -0.2) is 22.3 Å². The molecule has 2 N–H and O–H groups in total. The molecule has 1 aromatic rings. The summed E-state index contributed by atoms with van der Waals surface area (Å²) in [6, 6.07) is 0. The molecule has 1 rings (SSSR count). The van der Waals surface area contributed by atoms with Gasteiger partial charge in [-0.05, 0) is 19.4 Å². The Morgan fingerprint density at radius 3 is 2.47 bits per heavy atom. The Hall–Kier alpha value is -1.29. The van der Waals surface area contributed by atoms with Crippen molar-refractivity contribution in [1.29, 1.82) is 0 Å². The van der Waals surface area contributed by atoms with E-state index in [0.717, 1.165) is 32.2 Å². The topological polar surface area (TPSA) is 68.9 Å². The van der Waals surface area contributed by atoms with E-state index in [-0.39, 0.29) is 5.78 Å². The van der Waals surface area contributed by atoms with Gasteiger partial charge in [0, 0.05) is 18.8 Å². The van der Waals surface area contributed by atoms with Crippen LogP contribution in [-0.2, 0) is 0 Å². The number of hydrogen-bond acceptors (Lipinski definition) is 4. The summed E-state index contributed by atoms with van der Waals surface area (Å²) in [5.74, 6) is 0.128. The molecule has 0 fully saturated rings. The largest absolute Gasteiger partial charge is 0.330 e. The lowest BCUT2D eigenvalue weighted by Gasteiger charge is -2.00. The summed E-state index contributed by atoms with van der Waals surface area (Å²) < 4.78 is 0. The minimum atomic E-state index is 0.128. The van der Waals surface area contributed by atoms with Crippen LogP contribution in [0.5, 0.6) is 0 Å². The fourth-order valence-corrected chi connectivity index (χ4v) is 1.37. The van der Waals surface area contributed by atoms with Crippen LogP contribution in [0.2, 0.25) is 0 Å². The van der Waals surface area contributed by atoms with E-state index in [1.54, 1.807) is 12.4 Å². The third-order valence-electron chi connectivity index (χ3n) is 2.24. The van der Waals surface area contributed by atoms with Gasteiger partial charge in [-0.25, -0.2) is 9.97 Å². The molecule has 0 unspecified atom stereocenters. The minimum absolute atomic E-state index is 0.128. The monoisotopic (exact) mass is 207 g/mol. The number of rotatable bonds is 7. The molecule has 1 aromatic heterocycles. The zero-order valence-electron chi connectivity index (χ0n) is 8.85. The van der Waals surface area contributed by atoms with Gasteiger partial charge in [0.2, 0.25) is 0 Å². The number of nitrogens with two attached hydrogens (primary N) is 1. The van der Waals surface area contributed by atoms with E-state index in [1.165, 1.54) is 6.33 Å². The average molecular weight is 207 g/mol. The summed E-state index contributed by atoms with van der Waals surface area (Å²) in [6.45, 7) is 0.737. The van der Waals surface area contributed by atoms with Gasteiger partial charge in [-0.1, -0.05) is 12.8 Å². The molecule has 0 aliphatic rings. The fourth-order valence-electron chi connectivity index (χ4n) is 1.37. The van der Waals surface area contributed by atoms with Crippen LogP contribution >= 0.6 is 0 Å². The molecule has 0 aliphatic heterocycles. The summed E-state index contributed by atoms with van der Waals surface area (Å²) in [6.07, 6.45) is 9.28. The van der Waals surface area contributed by atoms with Crippen LogP contribution in [0.25, 0.3) is 0 Å². The van der Waals surface area contributed by atoms with Gasteiger partial charge in [0.1, 0.15) is 6.33 Å². The highest BCUT2D eigenvalue weighted by atomic mass is 16.1. The molecule has 4 heteroatoms. The SMILES string of the molecule is NCCCCCCC(=O)c1cncnc1. The Kier molecular flexibility index (Phi) is 5.55. The van der Waals surface area contributed by atoms with Gasteiger partial charge in [0.05, 0.1) is 5.56 Å². The zero-order chi connectivity index (χ0) is 10.9. The van der Waals surface area contributed by atoms with Crippen molar-refractivity contribution in [2.24, 2.45) is 5.73 Å². The summed E-state index contributed by atoms with van der Waals surface area (Å²) in [7, 11) is 0.